The van der Waals surface area contributed by atoms with Gasteiger partial charge in [0.2, 0.25) is 0 Å². The third-order valence-corrected chi connectivity index (χ3v) is 2.81. The summed E-state index contributed by atoms with van der Waals surface area (Å²) in [7, 11) is 0. The third kappa shape index (κ3) is 1.45. The molecule has 0 saturated heterocycles. The molecule has 0 aliphatic rings. The lowest BCUT2D eigenvalue weighted by atomic mass is 10.0. The van der Waals surface area contributed by atoms with E-state index in [1.807, 2.05) is 18.4 Å². The summed E-state index contributed by atoms with van der Waals surface area (Å²) < 4.78 is 0. The van der Waals surface area contributed by atoms with Crippen LogP contribution in [-0.4, -0.2) is 5.11 Å². The summed E-state index contributed by atoms with van der Waals surface area (Å²) in [5, 5.41) is 11.6. The number of terminal acetylenes is 1. The van der Waals surface area contributed by atoms with Crippen molar-refractivity contribution < 1.29 is 5.11 Å². The van der Waals surface area contributed by atoms with Crippen LogP contribution in [0.3, 0.4) is 0 Å². The van der Waals surface area contributed by atoms with Gasteiger partial charge in [-0.1, -0.05) is 5.92 Å². The van der Waals surface area contributed by atoms with Crippen LogP contribution in [0.15, 0.2) is 11.4 Å². The molecular formula is C9H10OS. The van der Waals surface area contributed by atoms with Crippen LogP contribution in [0.2, 0.25) is 0 Å². The van der Waals surface area contributed by atoms with Gasteiger partial charge in [0.25, 0.3) is 0 Å². The number of hydrogen-bond donors (Lipinski definition) is 1. The van der Waals surface area contributed by atoms with E-state index in [4.69, 9.17) is 6.42 Å². The molecule has 0 radical (unpaired) electrons. The van der Waals surface area contributed by atoms with Crippen molar-refractivity contribution in [3.63, 3.8) is 0 Å². The van der Waals surface area contributed by atoms with E-state index in [0.29, 0.717) is 0 Å². The highest BCUT2D eigenvalue weighted by Crippen LogP contribution is 2.27. The van der Waals surface area contributed by atoms with Gasteiger partial charge in [0.15, 0.2) is 5.60 Å². The van der Waals surface area contributed by atoms with Crippen LogP contribution < -0.4 is 0 Å². The summed E-state index contributed by atoms with van der Waals surface area (Å²) in [6.45, 7) is 3.57. The molecule has 11 heavy (non-hydrogen) atoms. The van der Waals surface area contributed by atoms with E-state index < -0.39 is 5.60 Å². The van der Waals surface area contributed by atoms with E-state index in [0.717, 1.165) is 10.4 Å². The Hall–Kier alpha value is -0.780. The fourth-order valence-corrected chi connectivity index (χ4v) is 1.89. The van der Waals surface area contributed by atoms with Gasteiger partial charge in [0, 0.05) is 0 Å². The second kappa shape index (κ2) is 2.69. The molecule has 1 N–H and O–H groups in total. The van der Waals surface area contributed by atoms with E-state index in [-0.39, 0.29) is 0 Å². The van der Waals surface area contributed by atoms with Gasteiger partial charge in [-0.05, 0) is 30.9 Å². The first kappa shape index (κ1) is 8.32. The van der Waals surface area contributed by atoms with E-state index >= 15 is 0 Å². The molecule has 0 amide bonds. The zero-order valence-electron chi connectivity index (χ0n) is 6.59. The zero-order valence-corrected chi connectivity index (χ0v) is 7.40. The average Bonchev–Trinajstić information content (AvgIpc) is 2.36. The fourth-order valence-electron chi connectivity index (χ4n) is 0.937. The van der Waals surface area contributed by atoms with Gasteiger partial charge in [-0.2, -0.15) is 0 Å². The van der Waals surface area contributed by atoms with E-state index in [2.05, 4.69) is 5.92 Å². The third-order valence-electron chi connectivity index (χ3n) is 1.59. The van der Waals surface area contributed by atoms with Gasteiger partial charge < -0.3 is 5.11 Å². The van der Waals surface area contributed by atoms with Crippen LogP contribution in [0.1, 0.15) is 17.4 Å². The van der Waals surface area contributed by atoms with Crippen molar-refractivity contribution in [2.24, 2.45) is 0 Å². The fraction of sp³-hybridized carbons (Fsp3) is 0.333. The molecule has 1 nitrogen and oxygen atoms in total. The maximum Gasteiger partial charge on any atom is 0.157 e. The largest absolute Gasteiger partial charge is 0.373 e. The molecule has 2 heteroatoms. The second-order valence-corrected chi connectivity index (χ2v) is 3.57. The lowest BCUT2D eigenvalue weighted by Gasteiger charge is -2.14. The smallest absolute Gasteiger partial charge is 0.157 e. The van der Waals surface area contributed by atoms with E-state index in [9.17, 15) is 5.11 Å². The quantitative estimate of drug-likeness (QED) is 0.632. The Labute approximate surface area is 70.7 Å². The predicted molar refractivity (Wildman–Crippen MR) is 47.5 cm³/mol. The molecule has 0 aromatic carbocycles. The molecule has 0 bridgehead atoms. The molecule has 0 saturated carbocycles. The lowest BCUT2D eigenvalue weighted by Crippen LogP contribution is -2.17. The number of hydrogen-bond acceptors (Lipinski definition) is 2. The molecular weight excluding hydrogens is 156 g/mol. The molecule has 58 valence electrons. The first-order valence-corrected chi connectivity index (χ1v) is 4.20. The zero-order chi connectivity index (χ0) is 8.48. The summed E-state index contributed by atoms with van der Waals surface area (Å²) in [4.78, 5) is 0.861. The maximum atomic E-state index is 9.64. The summed E-state index contributed by atoms with van der Waals surface area (Å²) >= 11 is 1.49. The summed E-state index contributed by atoms with van der Waals surface area (Å²) in [5.74, 6) is 2.35. The molecule has 0 spiro atoms. The molecule has 1 aromatic rings. The van der Waals surface area contributed by atoms with E-state index in [1.165, 1.54) is 11.3 Å². The SMILES string of the molecule is C#C[C@@](C)(O)c1sccc1C. The Morgan fingerprint density at radius 2 is 2.36 bits per heavy atom. The van der Waals surface area contributed by atoms with E-state index in [1.54, 1.807) is 6.92 Å². The van der Waals surface area contributed by atoms with Crippen molar-refractivity contribution in [1.29, 1.82) is 0 Å². The first-order chi connectivity index (χ1) is 5.08. The highest BCUT2D eigenvalue weighted by molar-refractivity contribution is 7.10. The number of aryl methyl sites for hydroxylation is 1. The Morgan fingerprint density at radius 3 is 2.73 bits per heavy atom. The van der Waals surface area contributed by atoms with Crippen LogP contribution in [0.5, 0.6) is 0 Å². The van der Waals surface area contributed by atoms with Crippen LogP contribution in [0.4, 0.5) is 0 Å². The topological polar surface area (TPSA) is 20.2 Å². The molecule has 1 aromatic heterocycles. The molecule has 0 aliphatic carbocycles. The minimum absolute atomic E-state index is 0.861. The van der Waals surface area contributed by atoms with Crippen LogP contribution in [0.25, 0.3) is 0 Å². The molecule has 0 unspecified atom stereocenters. The van der Waals surface area contributed by atoms with Gasteiger partial charge in [0.05, 0.1) is 4.88 Å². The number of thiophene rings is 1. The molecule has 0 fully saturated rings. The van der Waals surface area contributed by atoms with Crippen molar-refractivity contribution in [3.8, 4) is 12.3 Å². The number of rotatable bonds is 1. The standard InChI is InChI=1S/C9H10OS/c1-4-9(3,10)8-7(2)5-6-11-8/h1,5-6,10H,2-3H3/t9-/m1/s1. The average molecular weight is 166 g/mol. The van der Waals surface area contributed by atoms with Gasteiger partial charge in [-0.15, -0.1) is 17.8 Å². The molecule has 1 atom stereocenters. The van der Waals surface area contributed by atoms with Crippen molar-refractivity contribution in [3.05, 3.63) is 21.9 Å². The van der Waals surface area contributed by atoms with Gasteiger partial charge in [-0.25, -0.2) is 0 Å². The number of aliphatic hydroxyl groups is 1. The highest BCUT2D eigenvalue weighted by Gasteiger charge is 2.22. The normalized spacial score (nSPS) is 15.5. The van der Waals surface area contributed by atoms with Crippen LogP contribution in [-0.2, 0) is 5.60 Å². The highest BCUT2D eigenvalue weighted by atomic mass is 32.1. The Kier molecular flexibility index (Phi) is 2.03. The van der Waals surface area contributed by atoms with Gasteiger partial charge >= 0.3 is 0 Å². The van der Waals surface area contributed by atoms with Gasteiger partial charge in [-0.3, -0.25) is 0 Å². The molecule has 1 rings (SSSR count). The van der Waals surface area contributed by atoms with Crippen molar-refractivity contribution in [1.82, 2.24) is 0 Å². The minimum atomic E-state index is -1.10. The predicted octanol–water partition coefficient (Wildman–Crippen LogP) is 1.90. The van der Waals surface area contributed by atoms with Crippen LogP contribution >= 0.6 is 11.3 Å². The van der Waals surface area contributed by atoms with Crippen LogP contribution in [0, 0.1) is 19.3 Å². The van der Waals surface area contributed by atoms with Crippen molar-refractivity contribution >= 4 is 11.3 Å². The second-order valence-electron chi connectivity index (χ2n) is 2.65. The molecule has 1 heterocycles. The lowest BCUT2D eigenvalue weighted by molar-refractivity contribution is 0.125. The minimum Gasteiger partial charge on any atom is -0.373 e. The Morgan fingerprint density at radius 1 is 1.73 bits per heavy atom. The Balaban J connectivity index is 3.13. The summed E-state index contributed by atoms with van der Waals surface area (Å²) in [5.41, 5.74) is -0.0453. The van der Waals surface area contributed by atoms with Crippen molar-refractivity contribution in [2.45, 2.75) is 19.4 Å². The summed E-state index contributed by atoms with van der Waals surface area (Å²) in [6.07, 6.45) is 5.17. The maximum absolute atomic E-state index is 9.64. The van der Waals surface area contributed by atoms with Crippen molar-refractivity contribution in [2.75, 3.05) is 0 Å². The first-order valence-electron chi connectivity index (χ1n) is 3.32. The molecule has 0 aliphatic heterocycles. The van der Waals surface area contributed by atoms with Gasteiger partial charge in [0.1, 0.15) is 0 Å². The Bertz CT molecular complexity index is 291. The summed E-state index contributed by atoms with van der Waals surface area (Å²) in [6, 6.07) is 1.95. The monoisotopic (exact) mass is 166 g/mol.